The molecule has 6 rings (SSSR count). The van der Waals surface area contributed by atoms with Crippen LogP contribution in [-0.4, -0.2) is 99.7 Å². The van der Waals surface area contributed by atoms with Crippen LogP contribution in [0.2, 0.25) is 5.02 Å². The number of ether oxygens (including phenoxy) is 1. The second kappa shape index (κ2) is 10.8. The molecule has 41 heavy (non-hydrogen) atoms. The summed E-state index contributed by atoms with van der Waals surface area (Å²) in [5.41, 5.74) is 1.36. The largest absolute Gasteiger partial charge is 0.458 e. The zero-order valence-electron chi connectivity index (χ0n) is 22.0. The Balaban J connectivity index is 1.44. The summed E-state index contributed by atoms with van der Waals surface area (Å²) in [5, 5.41) is 7.78. The van der Waals surface area contributed by atoms with Gasteiger partial charge in [-0.25, -0.2) is 18.2 Å². The average molecular weight is 587 g/mol. The first-order valence-electron chi connectivity index (χ1n) is 13.0. The van der Waals surface area contributed by atoms with Gasteiger partial charge in [0.15, 0.2) is 5.65 Å². The molecule has 0 bridgehead atoms. The number of piperazine rings is 1. The summed E-state index contributed by atoms with van der Waals surface area (Å²) in [5.74, 6) is -1.30. The number of hydrogen-bond acceptors (Lipinski definition) is 8. The Hall–Kier alpha value is -3.97. The fourth-order valence-corrected chi connectivity index (χ4v) is 5.71. The van der Waals surface area contributed by atoms with Crippen molar-refractivity contribution in [3.05, 3.63) is 47.9 Å². The lowest BCUT2D eigenvalue weighted by molar-refractivity contribution is -0.126. The van der Waals surface area contributed by atoms with E-state index in [0.717, 1.165) is 0 Å². The summed E-state index contributed by atoms with van der Waals surface area (Å²) in [6.07, 6.45) is -0.580. The van der Waals surface area contributed by atoms with Gasteiger partial charge in [0.05, 0.1) is 33.7 Å². The number of H-pyrrole nitrogens is 1. The molecule has 0 radical (unpaired) electrons. The van der Waals surface area contributed by atoms with Crippen molar-refractivity contribution in [3.8, 4) is 17.3 Å². The quantitative estimate of drug-likeness (QED) is 0.341. The molecule has 2 aliphatic heterocycles. The molecule has 2 saturated heterocycles. The van der Waals surface area contributed by atoms with Crippen LogP contribution in [0.15, 0.2) is 37.1 Å². The topological polar surface area (TPSA) is 103 Å². The highest BCUT2D eigenvalue weighted by atomic mass is 35.5. The minimum absolute atomic E-state index is 0.0912. The summed E-state index contributed by atoms with van der Waals surface area (Å²) in [6.45, 7) is 5.83. The molecule has 0 saturated carbocycles. The molecule has 3 aromatic heterocycles. The van der Waals surface area contributed by atoms with Crippen LogP contribution in [0.3, 0.4) is 0 Å². The molecule has 1 N–H and O–H groups in total. The molecular formula is C27H26ClF3N8O2. The van der Waals surface area contributed by atoms with Crippen LogP contribution in [0.25, 0.3) is 33.2 Å². The number of nitrogens with zero attached hydrogens (tertiary/aromatic N) is 7. The molecular weight excluding hydrogens is 561 g/mol. The minimum Gasteiger partial charge on any atom is -0.458 e. The van der Waals surface area contributed by atoms with Gasteiger partial charge in [-0.2, -0.15) is 15.1 Å². The number of amides is 1. The van der Waals surface area contributed by atoms with E-state index < -0.39 is 24.3 Å². The van der Waals surface area contributed by atoms with Gasteiger partial charge in [-0.15, -0.1) is 0 Å². The van der Waals surface area contributed by atoms with E-state index in [1.807, 2.05) is 4.90 Å². The van der Waals surface area contributed by atoms with Gasteiger partial charge >= 0.3 is 6.01 Å². The molecule has 2 atom stereocenters. The number of alkyl halides is 2. The Morgan fingerprint density at radius 1 is 1.17 bits per heavy atom. The van der Waals surface area contributed by atoms with Gasteiger partial charge < -0.3 is 19.4 Å². The van der Waals surface area contributed by atoms with Crippen LogP contribution in [0.4, 0.5) is 19.0 Å². The highest BCUT2D eigenvalue weighted by molar-refractivity contribution is 6.35. The number of anilines is 1. The zero-order chi connectivity index (χ0) is 28.8. The number of aromatic nitrogens is 5. The highest BCUT2D eigenvalue weighted by Crippen LogP contribution is 2.37. The number of nitrogens with one attached hydrogen (secondary N) is 1. The second-order valence-corrected chi connectivity index (χ2v) is 10.5. The molecule has 10 nitrogen and oxygen atoms in total. The summed E-state index contributed by atoms with van der Waals surface area (Å²) >= 11 is 6.39. The van der Waals surface area contributed by atoms with Crippen molar-refractivity contribution in [2.24, 2.45) is 5.92 Å². The number of carbonyl (C=O) groups is 1. The third-order valence-corrected chi connectivity index (χ3v) is 7.92. The van der Waals surface area contributed by atoms with Crippen molar-refractivity contribution in [3.63, 3.8) is 0 Å². The standard InChI is InChI=1S/C27H26ClF3N8O2/c1-3-21(40)38-6-8-39(9-7-38)26-14-4-5-18(22-15-11-32-36-19(15)10-17(29)23(22)28)33-25(14)34-27(35-26)41-20-13-37(2)12-16(20)24(30)31/h3-5,10-11,16,20,24H,1,6-9,12-13H2,2H3,(H,32,36)/t16-,20+/m1/s1. The smallest absolute Gasteiger partial charge is 0.320 e. The van der Waals surface area contributed by atoms with Gasteiger partial charge in [-0.3, -0.25) is 9.89 Å². The molecule has 0 unspecified atom stereocenters. The maximum atomic E-state index is 14.7. The number of likely N-dealkylation sites (tertiary alicyclic amines) is 1. The van der Waals surface area contributed by atoms with Crippen molar-refractivity contribution in [1.82, 2.24) is 34.9 Å². The number of likely N-dealkylation sites (N-methyl/N-ethyl adjacent to an activating group) is 1. The Morgan fingerprint density at radius 2 is 1.95 bits per heavy atom. The van der Waals surface area contributed by atoms with Gasteiger partial charge in [0, 0.05) is 56.3 Å². The summed E-state index contributed by atoms with van der Waals surface area (Å²) in [6, 6.07) is 4.62. The first-order chi connectivity index (χ1) is 19.7. The van der Waals surface area contributed by atoms with Crippen LogP contribution >= 0.6 is 11.6 Å². The van der Waals surface area contributed by atoms with Crippen LogP contribution in [-0.2, 0) is 4.79 Å². The predicted octanol–water partition coefficient (Wildman–Crippen LogP) is 3.77. The Bertz CT molecular complexity index is 1640. The minimum atomic E-state index is -2.57. The molecule has 1 amide bonds. The van der Waals surface area contributed by atoms with E-state index in [0.29, 0.717) is 66.1 Å². The summed E-state index contributed by atoms with van der Waals surface area (Å²) < 4.78 is 48.2. The van der Waals surface area contributed by atoms with Gasteiger partial charge in [0.1, 0.15) is 17.7 Å². The molecule has 2 fully saturated rings. The maximum absolute atomic E-state index is 14.7. The number of pyridine rings is 1. The van der Waals surface area contributed by atoms with E-state index in [2.05, 4.69) is 26.7 Å². The Kier molecular flexibility index (Phi) is 7.16. The normalized spacial score (nSPS) is 20.0. The highest BCUT2D eigenvalue weighted by Gasteiger charge is 2.39. The number of hydrogen-bond donors (Lipinski definition) is 1. The van der Waals surface area contributed by atoms with Crippen molar-refractivity contribution >= 4 is 45.3 Å². The van der Waals surface area contributed by atoms with E-state index in [9.17, 15) is 18.0 Å². The second-order valence-electron chi connectivity index (χ2n) is 10.2. The van der Waals surface area contributed by atoms with Crippen molar-refractivity contribution in [1.29, 1.82) is 0 Å². The van der Waals surface area contributed by atoms with E-state index in [1.165, 1.54) is 18.3 Å². The van der Waals surface area contributed by atoms with Crippen LogP contribution in [0.5, 0.6) is 6.01 Å². The molecule has 14 heteroatoms. The number of aromatic amines is 1. The maximum Gasteiger partial charge on any atom is 0.320 e. The molecule has 2 aliphatic rings. The molecule has 4 aromatic rings. The van der Waals surface area contributed by atoms with E-state index in [1.54, 1.807) is 29.0 Å². The van der Waals surface area contributed by atoms with E-state index in [4.69, 9.17) is 21.3 Å². The predicted molar refractivity (Wildman–Crippen MR) is 148 cm³/mol. The fourth-order valence-electron chi connectivity index (χ4n) is 5.46. The van der Waals surface area contributed by atoms with Crippen molar-refractivity contribution < 1.29 is 22.7 Å². The first kappa shape index (κ1) is 27.2. The van der Waals surface area contributed by atoms with Gasteiger partial charge in [0.25, 0.3) is 0 Å². The molecule has 1 aromatic carbocycles. The van der Waals surface area contributed by atoms with Gasteiger partial charge in [-0.1, -0.05) is 18.2 Å². The lowest BCUT2D eigenvalue weighted by Gasteiger charge is -2.35. The van der Waals surface area contributed by atoms with Crippen molar-refractivity contribution in [2.45, 2.75) is 12.5 Å². The van der Waals surface area contributed by atoms with Crippen LogP contribution in [0, 0.1) is 11.7 Å². The molecule has 0 spiro atoms. The van der Waals surface area contributed by atoms with Crippen LogP contribution < -0.4 is 9.64 Å². The summed E-state index contributed by atoms with van der Waals surface area (Å²) in [7, 11) is 1.75. The monoisotopic (exact) mass is 586 g/mol. The number of halogens is 4. The summed E-state index contributed by atoms with van der Waals surface area (Å²) in [4.78, 5) is 31.4. The van der Waals surface area contributed by atoms with E-state index in [-0.39, 0.29) is 29.1 Å². The third kappa shape index (κ3) is 5.04. The SMILES string of the molecule is C=CC(=O)N1CCN(c2nc(O[C@H]3CN(C)C[C@H]3C(F)F)nc3nc(-c4c(Cl)c(F)cc5[nH]ncc45)ccc23)CC1. The third-order valence-electron chi connectivity index (χ3n) is 7.55. The fraction of sp³-hybridized carbons (Fsp3) is 0.370. The lowest BCUT2D eigenvalue weighted by atomic mass is 10.1. The molecule has 214 valence electrons. The lowest BCUT2D eigenvalue weighted by Crippen LogP contribution is -2.48. The number of benzene rings is 1. The Morgan fingerprint density at radius 3 is 2.68 bits per heavy atom. The average Bonchev–Trinajstić information content (AvgIpc) is 3.58. The van der Waals surface area contributed by atoms with Crippen molar-refractivity contribution in [2.75, 3.05) is 51.2 Å². The molecule has 5 heterocycles. The van der Waals surface area contributed by atoms with Crippen LogP contribution in [0.1, 0.15) is 0 Å². The first-order valence-corrected chi connectivity index (χ1v) is 13.4. The van der Waals surface area contributed by atoms with Gasteiger partial charge in [-0.05, 0) is 25.3 Å². The molecule has 0 aliphatic carbocycles. The number of fused-ring (bicyclic) bond motifs is 2. The zero-order valence-corrected chi connectivity index (χ0v) is 22.8. The number of carbonyl (C=O) groups excluding carboxylic acids is 1. The number of rotatable bonds is 6. The Labute approximate surface area is 237 Å². The van der Waals surface area contributed by atoms with E-state index >= 15 is 0 Å². The van der Waals surface area contributed by atoms with Gasteiger partial charge in [0.2, 0.25) is 12.3 Å².